The number of nitrogens with zero attached hydrogens (tertiary/aromatic N) is 1. The molecule has 0 radical (unpaired) electrons. The van der Waals surface area contributed by atoms with E-state index in [1.54, 1.807) is 4.90 Å². The molecule has 1 N–H and O–H groups in total. The summed E-state index contributed by atoms with van der Waals surface area (Å²) in [5.74, 6) is -0.570. The zero-order valence-electron chi connectivity index (χ0n) is 9.41. The molecule has 1 heterocycles. The molecule has 5 heteroatoms. The normalized spacial score (nSPS) is 17.8. The molecule has 0 aliphatic carbocycles. The molecular formula is C12H13BrFNO2. The van der Waals surface area contributed by atoms with Gasteiger partial charge in [0, 0.05) is 5.56 Å². The molecule has 0 saturated carbocycles. The minimum Gasteiger partial charge on any atom is -0.386 e. The Morgan fingerprint density at radius 3 is 2.76 bits per heavy atom. The van der Waals surface area contributed by atoms with Crippen molar-refractivity contribution in [2.24, 2.45) is 0 Å². The standard InChI is InChI=1S/C12H13BrFNO2/c1-2-12(17)6-15(7-12)11(16)8-3-4-10(14)9(13)5-8/h3-5,17H,2,6-7H2,1H3. The number of likely N-dealkylation sites (tertiary alicyclic amines) is 1. The van der Waals surface area contributed by atoms with Crippen LogP contribution in [-0.4, -0.2) is 34.6 Å². The zero-order chi connectivity index (χ0) is 12.6. The zero-order valence-corrected chi connectivity index (χ0v) is 11.0. The maximum Gasteiger partial charge on any atom is 0.254 e. The number of amides is 1. The van der Waals surface area contributed by atoms with Crippen LogP contribution in [-0.2, 0) is 0 Å². The van der Waals surface area contributed by atoms with E-state index in [0.29, 0.717) is 25.1 Å². The summed E-state index contributed by atoms with van der Waals surface area (Å²) < 4.78 is 13.3. The van der Waals surface area contributed by atoms with Crippen LogP contribution in [0.4, 0.5) is 4.39 Å². The van der Waals surface area contributed by atoms with E-state index in [1.807, 2.05) is 6.92 Å². The van der Waals surface area contributed by atoms with Gasteiger partial charge >= 0.3 is 0 Å². The number of hydrogen-bond donors (Lipinski definition) is 1. The van der Waals surface area contributed by atoms with Gasteiger partial charge in [-0.2, -0.15) is 0 Å². The minimum absolute atomic E-state index is 0.177. The van der Waals surface area contributed by atoms with Crippen molar-refractivity contribution in [2.75, 3.05) is 13.1 Å². The molecule has 2 rings (SSSR count). The summed E-state index contributed by atoms with van der Waals surface area (Å²) in [6, 6.07) is 4.16. The van der Waals surface area contributed by atoms with Crippen LogP contribution >= 0.6 is 15.9 Å². The van der Waals surface area contributed by atoms with E-state index in [2.05, 4.69) is 15.9 Å². The molecular weight excluding hydrogens is 289 g/mol. The first-order chi connectivity index (χ1) is 7.95. The number of carbonyl (C=O) groups is 1. The molecule has 0 bridgehead atoms. The van der Waals surface area contributed by atoms with E-state index in [4.69, 9.17) is 0 Å². The summed E-state index contributed by atoms with van der Waals surface area (Å²) in [5.41, 5.74) is -0.316. The maximum atomic E-state index is 13.0. The summed E-state index contributed by atoms with van der Waals surface area (Å²) >= 11 is 3.04. The molecule has 0 spiro atoms. The first-order valence-corrected chi connectivity index (χ1v) is 6.21. The molecule has 1 fully saturated rings. The first kappa shape index (κ1) is 12.5. The fourth-order valence-electron chi connectivity index (χ4n) is 1.84. The van der Waals surface area contributed by atoms with Crippen LogP contribution in [0.25, 0.3) is 0 Å². The average molecular weight is 302 g/mol. The Bertz CT molecular complexity index is 458. The van der Waals surface area contributed by atoms with Crippen molar-refractivity contribution in [3.63, 3.8) is 0 Å². The predicted octanol–water partition coefficient (Wildman–Crippen LogP) is 2.19. The van der Waals surface area contributed by atoms with Crippen LogP contribution in [0.15, 0.2) is 22.7 Å². The topological polar surface area (TPSA) is 40.5 Å². The van der Waals surface area contributed by atoms with Gasteiger partial charge in [-0.15, -0.1) is 0 Å². The molecule has 92 valence electrons. The lowest BCUT2D eigenvalue weighted by atomic mass is 9.90. The summed E-state index contributed by atoms with van der Waals surface area (Å²) in [6.45, 7) is 2.57. The Hall–Kier alpha value is -0.940. The maximum absolute atomic E-state index is 13.0. The number of aliphatic hydroxyl groups is 1. The molecule has 1 saturated heterocycles. The van der Waals surface area contributed by atoms with E-state index in [1.165, 1.54) is 18.2 Å². The number of hydrogen-bond acceptors (Lipinski definition) is 2. The number of rotatable bonds is 2. The van der Waals surface area contributed by atoms with Crippen molar-refractivity contribution < 1.29 is 14.3 Å². The van der Waals surface area contributed by atoms with Gasteiger partial charge in [0.15, 0.2) is 0 Å². The van der Waals surface area contributed by atoms with Crippen molar-refractivity contribution >= 4 is 21.8 Å². The van der Waals surface area contributed by atoms with Gasteiger partial charge in [-0.05, 0) is 40.5 Å². The second-order valence-corrected chi connectivity index (χ2v) is 5.22. The van der Waals surface area contributed by atoms with Crippen LogP contribution in [0, 0.1) is 5.82 Å². The van der Waals surface area contributed by atoms with E-state index in [9.17, 15) is 14.3 Å². The van der Waals surface area contributed by atoms with Crippen LogP contribution in [0.2, 0.25) is 0 Å². The lowest BCUT2D eigenvalue weighted by molar-refractivity contribution is -0.0826. The van der Waals surface area contributed by atoms with Gasteiger partial charge in [-0.1, -0.05) is 6.92 Å². The fourth-order valence-corrected chi connectivity index (χ4v) is 2.22. The molecule has 17 heavy (non-hydrogen) atoms. The Kier molecular flexibility index (Phi) is 3.23. The Labute approximate surface area is 107 Å². The van der Waals surface area contributed by atoms with Crippen LogP contribution in [0.1, 0.15) is 23.7 Å². The monoisotopic (exact) mass is 301 g/mol. The summed E-state index contributed by atoms with van der Waals surface area (Å²) in [5, 5.41) is 9.82. The third kappa shape index (κ3) is 2.35. The average Bonchev–Trinajstić information content (AvgIpc) is 2.27. The molecule has 0 unspecified atom stereocenters. The minimum atomic E-state index is -0.743. The van der Waals surface area contributed by atoms with Gasteiger partial charge in [-0.25, -0.2) is 4.39 Å². The molecule has 1 aliphatic heterocycles. The molecule has 0 aromatic heterocycles. The van der Waals surface area contributed by atoms with Crippen LogP contribution < -0.4 is 0 Å². The van der Waals surface area contributed by atoms with Crippen molar-refractivity contribution in [1.29, 1.82) is 0 Å². The lowest BCUT2D eigenvalue weighted by Crippen LogP contribution is -2.63. The second-order valence-electron chi connectivity index (χ2n) is 4.37. The third-order valence-corrected chi connectivity index (χ3v) is 3.69. The fraction of sp³-hybridized carbons (Fsp3) is 0.417. The lowest BCUT2D eigenvalue weighted by Gasteiger charge is -2.46. The highest BCUT2D eigenvalue weighted by molar-refractivity contribution is 9.10. The highest BCUT2D eigenvalue weighted by Crippen LogP contribution is 2.26. The summed E-state index contributed by atoms with van der Waals surface area (Å²) in [4.78, 5) is 13.5. The van der Waals surface area contributed by atoms with Gasteiger partial charge in [0.05, 0.1) is 23.2 Å². The Morgan fingerprint density at radius 1 is 1.59 bits per heavy atom. The predicted molar refractivity (Wildman–Crippen MR) is 65.2 cm³/mol. The SMILES string of the molecule is CCC1(O)CN(C(=O)c2ccc(F)c(Br)c2)C1. The summed E-state index contributed by atoms with van der Waals surface area (Å²) in [6.07, 6.45) is 0.629. The Balaban J connectivity index is 2.09. The largest absolute Gasteiger partial charge is 0.386 e. The smallest absolute Gasteiger partial charge is 0.254 e. The molecule has 3 nitrogen and oxygen atoms in total. The van der Waals surface area contributed by atoms with E-state index in [-0.39, 0.29) is 10.4 Å². The summed E-state index contributed by atoms with van der Waals surface area (Å²) in [7, 11) is 0. The van der Waals surface area contributed by atoms with Crippen molar-refractivity contribution in [3.8, 4) is 0 Å². The van der Waals surface area contributed by atoms with E-state index >= 15 is 0 Å². The van der Waals surface area contributed by atoms with Crippen molar-refractivity contribution in [2.45, 2.75) is 18.9 Å². The quantitative estimate of drug-likeness (QED) is 0.910. The number of carbonyl (C=O) groups excluding carboxylic acids is 1. The highest BCUT2D eigenvalue weighted by Gasteiger charge is 2.42. The van der Waals surface area contributed by atoms with E-state index in [0.717, 1.165) is 0 Å². The molecule has 0 atom stereocenters. The molecule has 1 aromatic carbocycles. The van der Waals surface area contributed by atoms with Gasteiger partial charge in [0.1, 0.15) is 5.82 Å². The van der Waals surface area contributed by atoms with Crippen molar-refractivity contribution in [3.05, 3.63) is 34.1 Å². The molecule has 1 aliphatic rings. The third-order valence-electron chi connectivity index (χ3n) is 3.08. The van der Waals surface area contributed by atoms with Gasteiger partial charge in [0.2, 0.25) is 0 Å². The van der Waals surface area contributed by atoms with Crippen LogP contribution in [0.3, 0.4) is 0 Å². The van der Waals surface area contributed by atoms with Gasteiger partial charge in [0.25, 0.3) is 5.91 Å². The van der Waals surface area contributed by atoms with Gasteiger partial charge in [-0.3, -0.25) is 4.79 Å². The number of β-amino-alcohol motifs (C(OH)–C–C–N with tert-alkyl or cyclic N) is 1. The highest BCUT2D eigenvalue weighted by atomic mass is 79.9. The molecule has 1 amide bonds. The Morgan fingerprint density at radius 2 is 2.24 bits per heavy atom. The molecule has 1 aromatic rings. The second kappa shape index (κ2) is 4.38. The van der Waals surface area contributed by atoms with Gasteiger partial charge < -0.3 is 10.0 Å². The van der Waals surface area contributed by atoms with Crippen molar-refractivity contribution in [1.82, 2.24) is 4.90 Å². The number of halogens is 2. The van der Waals surface area contributed by atoms with E-state index < -0.39 is 11.4 Å². The first-order valence-electron chi connectivity index (χ1n) is 5.42. The number of benzene rings is 1. The van der Waals surface area contributed by atoms with Crippen LogP contribution in [0.5, 0.6) is 0 Å².